The minimum absolute atomic E-state index is 0.170. The van der Waals surface area contributed by atoms with Crippen molar-refractivity contribution in [3.8, 4) is 11.3 Å². The normalized spacial score (nSPS) is 23.2. The van der Waals surface area contributed by atoms with Crippen LogP contribution in [0.25, 0.3) is 22.3 Å². The molecular formula is C28H36FN7O2. The van der Waals surface area contributed by atoms with Gasteiger partial charge in [-0.2, -0.15) is 9.97 Å². The van der Waals surface area contributed by atoms with Crippen LogP contribution in [0.4, 0.5) is 16.2 Å². The Hall–Kier alpha value is -2.92. The minimum Gasteiger partial charge on any atom is -0.377 e. The van der Waals surface area contributed by atoms with Crippen molar-refractivity contribution in [1.82, 2.24) is 25.2 Å². The molecule has 5 heterocycles. The van der Waals surface area contributed by atoms with Gasteiger partial charge in [-0.15, -0.1) is 0 Å². The maximum Gasteiger partial charge on any atom is 0.229 e. The first-order chi connectivity index (χ1) is 18.6. The lowest BCUT2D eigenvalue weighted by atomic mass is 10.1. The number of hydrogen-bond donors (Lipinski definition) is 1. The van der Waals surface area contributed by atoms with E-state index in [1.807, 2.05) is 18.2 Å². The lowest BCUT2D eigenvalue weighted by Gasteiger charge is -2.37. The highest BCUT2D eigenvalue weighted by molar-refractivity contribution is 5.90. The molecule has 0 amide bonds. The van der Waals surface area contributed by atoms with Crippen molar-refractivity contribution in [3.63, 3.8) is 0 Å². The van der Waals surface area contributed by atoms with Crippen LogP contribution in [0.2, 0.25) is 0 Å². The third-order valence-corrected chi connectivity index (χ3v) is 7.74. The van der Waals surface area contributed by atoms with E-state index in [9.17, 15) is 4.39 Å². The van der Waals surface area contributed by atoms with E-state index in [2.05, 4.69) is 39.9 Å². The van der Waals surface area contributed by atoms with Crippen LogP contribution in [0.3, 0.4) is 0 Å². The number of aromatic nitrogens is 3. The topological polar surface area (TPSA) is 78.9 Å². The lowest BCUT2D eigenvalue weighted by Crippen LogP contribution is -2.46. The first kappa shape index (κ1) is 25.4. The van der Waals surface area contributed by atoms with Crippen molar-refractivity contribution in [2.45, 2.75) is 32.5 Å². The van der Waals surface area contributed by atoms with Gasteiger partial charge < -0.3 is 24.6 Å². The molecule has 3 aliphatic heterocycles. The van der Waals surface area contributed by atoms with Crippen LogP contribution in [-0.2, 0) is 16.0 Å². The van der Waals surface area contributed by atoms with Gasteiger partial charge in [0, 0.05) is 56.9 Å². The van der Waals surface area contributed by atoms with E-state index in [1.54, 1.807) is 6.07 Å². The molecule has 1 aromatic carbocycles. The summed E-state index contributed by atoms with van der Waals surface area (Å²) in [5, 5.41) is 4.27. The molecule has 3 fully saturated rings. The predicted molar refractivity (Wildman–Crippen MR) is 146 cm³/mol. The molecule has 0 radical (unpaired) electrons. The quantitative estimate of drug-likeness (QED) is 0.545. The zero-order valence-corrected chi connectivity index (χ0v) is 22.2. The average molecular weight is 522 g/mol. The molecule has 2 aromatic heterocycles. The third-order valence-electron chi connectivity index (χ3n) is 7.74. The van der Waals surface area contributed by atoms with Crippen LogP contribution in [0.5, 0.6) is 0 Å². The first-order valence-electron chi connectivity index (χ1n) is 13.7. The Morgan fingerprint density at radius 2 is 1.63 bits per heavy atom. The third kappa shape index (κ3) is 5.18. The van der Waals surface area contributed by atoms with Gasteiger partial charge in [-0.25, -0.2) is 9.37 Å². The monoisotopic (exact) mass is 521 g/mol. The van der Waals surface area contributed by atoms with Crippen LogP contribution in [0.15, 0.2) is 30.3 Å². The number of rotatable bonds is 5. The molecule has 3 aliphatic rings. The zero-order chi connectivity index (χ0) is 26.1. The number of piperazine rings is 1. The van der Waals surface area contributed by atoms with E-state index in [-0.39, 0.29) is 17.9 Å². The number of nitrogens with zero attached hydrogens (tertiary/aromatic N) is 6. The van der Waals surface area contributed by atoms with Gasteiger partial charge in [-0.1, -0.05) is 0 Å². The molecule has 3 saturated heterocycles. The fourth-order valence-corrected chi connectivity index (χ4v) is 5.52. The van der Waals surface area contributed by atoms with Gasteiger partial charge in [0.2, 0.25) is 5.95 Å². The second kappa shape index (κ2) is 11.1. The summed E-state index contributed by atoms with van der Waals surface area (Å²) >= 11 is 0. The van der Waals surface area contributed by atoms with E-state index >= 15 is 0 Å². The maximum absolute atomic E-state index is 14.8. The molecule has 0 bridgehead atoms. The number of ether oxygens (including phenoxy) is 2. The predicted octanol–water partition coefficient (Wildman–Crippen LogP) is 2.69. The van der Waals surface area contributed by atoms with Crippen molar-refractivity contribution in [2.75, 3.05) is 75.5 Å². The summed E-state index contributed by atoms with van der Waals surface area (Å²) in [6.07, 6.45) is 0. The maximum atomic E-state index is 14.8. The van der Waals surface area contributed by atoms with Gasteiger partial charge in [0.1, 0.15) is 11.6 Å². The Bertz CT molecular complexity index is 1290. The van der Waals surface area contributed by atoms with E-state index < -0.39 is 0 Å². The van der Waals surface area contributed by atoms with E-state index in [0.717, 1.165) is 61.7 Å². The van der Waals surface area contributed by atoms with Crippen LogP contribution < -0.4 is 15.1 Å². The highest BCUT2D eigenvalue weighted by Crippen LogP contribution is 2.31. The van der Waals surface area contributed by atoms with Crippen LogP contribution >= 0.6 is 0 Å². The number of anilines is 2. The van der Waals surface area contributed by atoms with Gasteiger partial charge >= 0.3 is 0 Å². The molecular weight excluding hydrogens is 485 g/mol. The van der Waals surface area contributed by atoms with E-state index in [1.165, 1.54) is 0 Å². The molecule has 38 heavy (non-hydrogen) atoms. The number of morpholine rings is 2. The number of halogens is 1. The van der Waals surface area contributed by atoms with Gasteiger partial charge in [-0.05, 0) is 44.2 Å². The molecule has 6 rings (SSSR count). The van der Waals surface area contributed by atoms with Crippen LogP contribution in [0.1, 0.15) is 19.4 Å². The molecule has 0 unspecified atom stereocenters. The Morgan fingerprint density at radius 3 is 2.37 bits per heavy atom. The Morgan fingerprint density at radius 1 is 0.895 bits per heavy atom. The lowest BCUT2D eigenvalue weighted by molar-refractivity contribution is 0.0973. The van der Waals surface area contributed by atoms with Crippen molar-refractivity contribution in [3.05, 3.63) is 41.7 Å². The highest BCUT2D eigenvalue weighted by atomic mass is 19.1. The minimum atomic E-state index is -0.178. The molecule has 2 atom stereocenters. The molecule has 0 spiro atoms. The largest absolute Gasteiger partial charge is 0.377 e. The standard InChI is InChI=1S/C28H36FN7O2/c1-19-17-37-13-11-35(19)27-23-4-6-25(31-26(23)32-28(33-27)36-12-14-38-18-20(36)2)21-3-5-24(29)22(15-21)16-34-9-7-30-8-10-34/h3-6,15,19-20,30H,7-14,16-18H2,1-2H3/t19-,20-/m0/s1. The molecule has 0 aliphatic carbocycles. The smallest absolute Gasteiger partial charge is 0.229 e. The molecule has 202 valence electrons. The molecule has 10 heteroatoms. The summed E-state index contributed by atoms with van der Waals surface area (Å²) in [5.74, 6) is 1.38. The van der Waals surface area contributed by atoms with Crippen LogP contribution in [0, 0.1) is 5.82 Å². The fraction of sp³-hybridized carbons (Fsp3) is 0.536. The van der Waals surface area contributed by atoms with Crippen molar-refractivity contribution < 1.29 is 13.9 Å². The second-order valence-corrected chi connectivity index (χ2v) is 10.5. The number of hydrogen-bond acceptors (Lipinski definition) is 9. The summed E-state index contributed by atoms with van der Waals surface area (Å²) in [5.41, 5.74) is 3.01. The van der Waals surface area contributed by atoms with Gasteiger partial charge in [0.15, 0.2) is 5.65 Å². The summed E-state index contributed by atoms with van der Waals surface area (Å²) in [7, 11) is 0. The van der Waals surface area contributed by atoms with E-state index in [4.69, 9.17) is 24.4 Å². The average Bonchev–Trinajstić information content (AvgIpc) is 2.94. The molecule has 9 nitrogen and oxygen atoms in total. The van der Waals surface area contributed by atoms with Gasteiger partial charge in [0.05, 0.1) is 49.6 Å². The van der Waals surface area contributed by atoms with Crippen molar-refractivity contribution in [1.29, 1.82) is 0 Å². The highest BCUT2D eigenvalue weighted by Gasteiger charge is 2.27. The van der Waals surface area contributed by atoms with Gasteiger partial charge in [0.25, 0.3) is 0 Å². The Labute approximate surface area is 223 Å². The van der Waals surface area contributed by atoms with E-state index in [0.29, 0.717) is 50.1 Å². The van der Waals surface area contributed by atoms with Crippen molar-refractivity contribution >= 4 is 22.8 Å². The first-order valence-corrected chi connectivity index (χ1v) is 13.7. The number of pyridine rings is 1. The molecule has 3 aromatic rings. The number of benzene rings is 1. The number of nitrogens with one attached hydrogen (secondary N) is 1. The fourth-order valence-electron chi connectivity index (χ4n) is 5.52. The Balaban J connectivity index is 1.40. The zero-order valence-electron chi connectivity index (χ0n) is 22.2. The summed E-state index contributed by atoms with van der Waals surface area (Å²) < 4.78 is 26.1. The number of fused-ring (bicyclic) bond motifs is 1. The van der Waals surface area contributed by atoms with Gasteiger partial charge in [-0.3, -0.25) is 4.90 Å². The second-order valence-electron chi connectivity index (χ2n) is 10.5. The SMILES string of the molecule is C[C@H]1COCCN1c1nc(N2CCOC[C@@H]2C)c2ccc(-c3ccc(F)c(CN4CCNCC4)c3)nc2n1. The molecule has 0 saturated carbocycles. The summed E-state index contributed by atoms with van der Waals surface area (Å²) in [6, 6.07) is 9.72. The van der Waals surface area contributed by atoms with Crippen LogP contribution in [-0.4, -0.2) is 97.6 Å². The Kier molecular flexibility index (Phi) is 7.38. The molecule has 1 N–H and O–H groups in total. The van der Waals surface area contributed by atoms with Crippen molar-refractivity contribution in [2.24, 2.45) is 0 Å². The summed E-state index contributed by atoms with van der Waals surface area (Å²) in [6.45, 7) is 12.7. The summed E-state index contributed by atoms with van der Waals surface area (Å²) in [4.78, 5) is 21.8.